The Bertz CT molecular complexity index is 1190. The van der Waals surface area contributed by atoms with E-state index in [0.717, 1.165) is 16.9 Å². The van der Waals surface area contributed by atoms with Gasteiger partial charge in [-0.25, -0.2) is 9.37 Å². The molecule has 0 bridgehead atoms. The molecule has 31 heavy (non-hydrogen) atoms. The highest BCUT2D eigenvalue weighted by atomic mass is 32.1. The number of carbonyl (C=O) groups excluding carboxylic acids is 1. The summed E-state index contributed by atoms with van der Waals surface area (Å²) in [5.41, 5.74) is 7.67. The number of amidine groups is 1. The van der Waals surface area contributed by atoms with Gasteiger partial charge in [0.2, 0.25) is 5.91 Å². The minimum absolute atomic E-state index is 0.0213. The van der Waals surface area contributed by atoms with E-state index in [1.54, 1.807) is 23.6 Å². The van der Waals surface area contributed by atoms with Crippen molar-refractivity contribution in [3.8, 4) is 0 Å². The number of carbonyl (C=O) groups is 1. The molecule has 1 atom stereocenters. The smallest absolute Gasteiger partial charge is 0.277 e. The molecule has 1 amide bonds. The average Bonchev–Trinajstić information content (AvgIpc) is 3.24. The number of nitrogens with one attached hydrogen (secondary N) is 3. The van der Waals surface area contributed by atoms with Gasteiger partial charge in [0.1, 0.15) is 23.9 Å². The number of rotatable bonds is 6. The molecule has 8 nitrogen and oxygen atoms in total. The summed E-state index contributed by atoms with van der Waals surface area (Å²) in [7, 11) is 0. The Hall–Kier alpha value is -3.53. The molecule has 0 saturated heterocycles. The maximum atomic E-state index is 13.2. The maximum absolute atomic E-state index is 13.2. The molecule has 5 N–H and O–H groups in total. The molecular weight excluding hydrogens is 419 g/mol. The second-order valence-electron chi connectivity index (χ2n) is 7.28. The van der Waals surface area contributed by atoms with Crippen molar-refractivity contribution < 1.29 is 9.18 Å². The molecule has 1 aliphatic heterocycles. The number of hydrogen-bond acceptors (Lipinski definition) is 6. The van der Waals surface area contributed by atoms with Gasteiger partial charge in [0.25, 0.3) is 5.56 Å². The lowest BCUT2D eigenvalue weighted by molar-refractivity contribution is -0.121. The van der Waals surface area contributed by atoms with Crippen LogP contribution in [0.15, 0.2) is 46.8 Å². The van der Waals surface area contributed by atoms with Gasteiger partial charge in [0.05, 0.1) is 24.6 Å². The van der Waals surface area contributed by atoms with Crippen LogP contribution in [0.2, 0.25) is 0 Å². The minimum Gasteiger partial charge on any atom is -0.384 e. The summed E-state index contributed by atoms with van der Waals surface area (Å²) in [5, 5.41) is 15.1. The number of thiophene rings is 1. The summed E-state index contributed by atoms with van der Waals surface area (Å²) in [6.07, 6.45) is 2.74. The van der Waals surface area contributed by atoms with Gasteiger partial charge in [0.15, 0.2) is 0 Å². The third-order valence-corrected chi connectivity index (χ3v) is 6.05. The third-order valence-electron chi connectivity index (χ3n) is 5.12. The van der Waals surface area contributed by atoms with Crippen molar-refractivity contribution in [3.05, 3.63) is 79.9 Å². The number of nitrogen functional groups attached to an aromatic ring is 1. The average molecular weight is 441 g/mol. The summed E-state index contributed by atoms with van der Waals surface area (Å²) in [6.45, 7) is 0.127. The SMILES string of the molecule is N=C(N)c1csc(CNC(=O)Cn2cnc3c(c2=O)NC(c2ccc(F)cc2)CC3)c1. The first-order chi connectivity index (χ1) is 14.9. The van der Waals surface area contributed by atoms with E-state index in [1.807, 2.05) is 0 Å². The number of aromatic nitrogens is 2. The highest BCUT2D eigenvalue weighted by Gasteiger charge is 2.24. The molecule has 4 rings (SSSR count). The molecule has 0 aliphatic carbocycles. The quantitative estimate of drug-likeness (QED) is 0.345. The molecule has 3 heterocycles. The van der Waals surface area contributed by atoms with Crippen molar-refractivity contribution in [1.29, 1.82) is 5.41 Å². The summed E-state index contributed by atoms with van der Waals surface area (Å²) in [4.78, 5) is 30.5. The Labute approximate surface area is 181 Å². The second-order valence-corrected chi connectivity index (χ2v) is 8.27. The lowest BCUT2D eigenvalue weighted by Crippen LogP contribution is -2.35. The Kier molecular flexibility index (Phi) is 5.81. The van der Waals surface area contributed by atoms with Crippen LogP contribution in [-0.4, -0.2) is 21.3 Å². The van der Waals surface area contributed by atoms with E-state index in [-0.39, 0.29) is 42.3 Å². The van der Waals surface area contributed by atoms with E-state index in [9.17, 15) is 14.0 Å². The number of amides is 1. The summed E-state index contributed by atoms with van der Waals surface area (Å²) >= 11 is 1.40. The molecule has 1 unspecified atom stereocenters. The normalized spacial score (nSPS) is 15.1. The number of hydrogen-bond donors (Lipinski definition) is 4. The van der Waals surface area contributed by atoms with Crippen molar-refractivity contribution >= 4 is 28.8 Å². The number of nitrogens with two attached hydrogens (primary N) is 1. The van der Waals surface area contributed by atoms with Crippen LogP contribution in [0.1, 0.15) is 34.2 Å². The Morgan fingerprint density at radius 3 is 2.87 bits per heavy atom. The highest BCUT2D eigenvalue weighted by Crippen LogP contribution is 2.29. The summed E-state index contributed by atoms with van der Waals surface area (Å²) in [5.74, 6) is -0.658. The standard InChI is InChI=1S/C21H21FN6O2S/c22-14-3-1-12(2-4-14)16-5-6-17-19(27-16)21(30)28(11-26-17)9-18(29)25-8-15-7-13(10-31-15)20(23)24/h1-4,7,10-11,16,27H,5-6,8-9H2,(H3,23,24)(H,25,29). The van der Waals surface area contributed by atoms with Crippen LogP contribution < -0.4 is 21.9 Å². The van der Waals surface area contributed by atoms with Gasteiger partial charge in [-0.3, -0.25) is 19.6 Å². The van der Waals surface area contributed by atoms with Crippen molar-refractivity contribution in [2.75, 3.05) is 5.32 Å². The molecule has 2 aromatic heterocycles. The van der Waals surface area contributed by atoms with Gasteiger partial charge in [-0.05, 0) is 36.6 Å². The first kappa shape index (κ1) is 20.7. The fraction of sp³-hybridized carbons (Fsp3) is 0.238. The summed E-state index contributed by atoms with van der Waals surface area (Å²) < 4.78 is 14.5. The first-order valence-electron chi connectivity index (χ1n) is 9.69. The number of benzene rings is 1. The van der Waals surface area contributed by atoms with Crippen LogP contribution in [0.3, 0.4) is 0 Å². The first-order valence-corrected chi connectivity index (χ1v) is 10.6. The number of aryl methyl sites for hydroxylation is 1. The Morgan fingerprint density at radius 2 is 2.16 bits per heavy atom. The van der Waals surface area contributed by atoms with Crippen molar-refractivity contribution in [2.45, 2.75) is 32.0 Å². The predicted octanol–water partition coefficient (Wildman–Crippen LogP) is 2.14. The molecule has 160 valence electrons. The zero-order valence-corrected chi connectivity index (χ0v) is 17.3. The van der Waals surface area contributed by atoms with Gasteiger partial charge in [-0.1, -0.05) is 12.1 Å². The van der Waals surface area contributed by atoms with Crippen LogP contribution in [0, 0.1) is 11.2 Å². The van der Waals surface area contributed by atoms with Crippen molar-refractivity contribution in [2.24, 2.45) is 5.73 Å². The van der Waals surface area contributed by atoms with Gasteiger partial charge in [-0.2, -0.15) is 0 Å². The van der Waals surface area contributed by atoms with Crippen LogP contribution in [0.5, 0.6) is 0 Å². The minimum atomic E-state index is -0.326. The Balaban J connectivity index is 1.43. The molecule has 0 fully saturated rings. The lowest BCUT2D eigenvalue weighted by atomic mass is 9.96. The maximum Gasteiger partial charge on any atom is 0.277 e. The van der Waals surface area contributed by atoms with Crippen molar-refractivity contribution in [3.63, 3.8) is 0 Å². The molecule has 0 spiro atoms. The Morgan fingerprint density at radius 1 is 1.39 bits per heavy atom. The van der Waals surface area contributed by atoms with Crippen LogP contribution in [-0.2, 0) is 24.3 Å². The van der Waals surface area contributed by atoms with E-state index < -0.39 is 0 Å². The molecule has 1 aliphatic rings. The number of halogens is 1. The summed E-state index contributed by atoms with van der Waals surface area (Å²) in [6, 6.07) is 7.81. The third kappa shape index (κ3) is 4.64. The fourth-order valence-corrected chi connectivity index (χ4v) is 4.28. The lowest BCUT2D eigenvalue weighted by Gasteiger charge is -2.26. The molecule has 0 radical (unpaired) electrons. The van der Waals surface area contributed by atoms with Crippen LogP contribution >= 0.6 is 11.3 Å². The molecule has 3 aromatic rings. The topological polar surface area (TPSA) is 126 Å². The van der Waals surface area contributed by atoms with E-state index in [2.05, 4.69) is 15.6 Å². The van der Waals surface area contributed by atoms with Crippen LogP contribution in [0.25, 0.3) is 0 Å². The fourth-order valence-electron chi connectivity index (χ4n) is 3.45. The predicted molar refractivity (Wildman–Crippen MR) is 117 cm³/mol. The van der Waals surface area contributed by atoms with Gasteiger partial charge < -0.3 is 16.4 Å². The number of nitrogens with zero attached hydrogens (tertiary/aromatic N) is 2. The zero-order chi connectivity index (χ0) is 22.0. The number of anilines is 1. The number of fused-ring (bicyclic) bond motifs is 1. The van der Waals surface area contributed by atoms with Gasteiger partial charge >= 0.3 is 0 Å². The second kappa shape index (κ2) is 8.68. The molecule has 10 heteroatoms. The molecule has 1 aromatic carbocycles. The van der Waals surface area contributed by atoms with E-state index >= 15 is 0 Å². The van der Waals surface area contributed by atoms with Crippen LogP contribution in [0.4, 0.5) is 10.1 Å². The largest absolute Gasteiger partial charge is 0.384 e. The van der Waals surface area contributed by atoms with E-state index in [1.165, 1.54) is 34.4 Å². The molecule has 0 saturated carbocycles. The zero-order valence-electron chi connectivity index (χ0n) is 16.5. The van der Waals surface area contributed by atoms with Gasteiger partial charge in [-0.15, -0.1) is 11.3 Å². The highest BCUT2D eigenvalue weighted by molar-refractivity contribution is 7.10. The van der Waals surface area contributed by atoms with Crippen molar-refractivity contribution in [1.82, 2.24) is 14.9 Å². The molecular formula is C21H21FN6O2S. The monoisotopic (exact) mass is 440 g/mol. The van der Waals surface area contributed by atoms with E-state index in [0.29, 0.717) is 23.4 Å². The van der Waals surface area contributed by atoms with E-state index in [4.69, 9.17) is 11.1 Å². The van der Waals surface area contributed by atoms with Gasteiger partial charge in [0, 0.05) is 15.8 Å².